The maximum atomic E-state index is 5.47. The fourth-order valence-corrected chi connectivity index (χ4v) is 3.84. The molecule has 0 saturated carbocycles. The zero-order chi connectivity index (χ0) is 21.8. The number of ether oxygens (including phenoxy) is 1. The summed E-state index contributed by atoms with van der Waals surface area (Å²) in [4.78, 5) is 16.0. The zero-order valence-electron chi connectivity index (χ0n) is 18.2. The van der Waals surface area contributed by atoms with Crippen molar-refractivity contribution < 1.29 is 4.74 Å². The maximum absolute atomic E-state index is 5.47. The van der Waals surface area contributed by atoms with Crippen molar-refractivity contribution in [2.24, 2.45) is 4.99 Å². The predicted octanol–water partition coefficient (Wildman–Crippen LogP) is 3.81. The first-order chi connectivity index (χ1) is 15.8. The van der Waals surface area contributed by atoms with E-state index in [1.807, 2.05) is 23.2 Å². The molecule has 2 aliphatic rings. The molecule has 1 saturated heterocycles. The summed E-state index contributed by atoms with van der Waals surface area (Å²) >= 11 is 0. The van der Waals surface area contributed by atoms with Gasteiger partial charge in [-0.2, -0.15) is 0 Å². The van der Waals surface area contributed by atoms with E-state index in [1.54, 1.807) is 6.20 Å². The van der Waals surface area contributed by atoms with Crippen LogP contribution in [0.5, 0.6) is 0 Å². The number of rotatable bonds is 6. The molecule has 0 amide bonds. The van der Waals surface area contributed by atoms with Gasteiger partial charge in [0, 0.05) is 42.6 Å². The summed E-state index contributed by atoms with van der Waals surface area (Å²) in [5.41, 5.74) is 8.46. The highest BCUT2D eigenvalue weighted by atomic mass is 16.5. The third kappa shape index (κ3) is 4.50. The van der Waals surface area contributed by atoms with Crippen molar-refractivity contribution in [2.75, 3.05) is 48.2 Å². The molecule has 8 heteroatoms. The van der Waals surface area contributed by atoms with Crippen molar-refractivity contribution in [3.8, 4) is 11.3 Å². The normalized spacial score (nSPS) is 16.0. The minimum absolute atomic E-state index is 0.572. The first-order valence-electron chi connectivity index (χ1n) is 11.0. The molecule has 2 aliphatic heterocycles. The highest BCUT2D eigenvalue weighted by Crippen LogP contribution is 2.26. The molecular weight excluding hydrogens is 402 g/mol. The van der Waals surface area contributed by atoms with Gasteiger partial charge in [0.15, 0.2) is 0 Å². The number of benzene rings is 2. The van der Waals surface area contributed by atoms with Crippen molar-refractivity contribution >= 4 is 28.8 Å². The maximum Gasteiger partial charge on any atom is 0.227 e. The zero-order valence-corrected chi connectivity index (χ0v) is 18.2. The number of amidine groups is 1. The van der Waals surface area contributed by atoms with Gasteiger partial charge in [-0.15, -0.1) is 0 Å². The van der Waals surface area contributed by atoms with Crippen LogP contribution in [-0.2, 0) is 4.74 Å². The molecule has 0 unspecified atom stereocenters. The number of hydrazine groups is 1. The molecule has 2 aromatic carbocycles. The van der Waals surface area contributed by atoms with Crippen molar-refractivity contribution in [3.63, 3.8) is 0 Å². The average molecular weight is 430 g/mol. The van der Waals surface area contributed by atoms with Crippen LogP contribution in [-0.4, -0.2) is 48.8 Å². The van der Waals surface area contributed by atoms with Crippen LogP contribution in [0.25, 0.3) is 11.3 Å². The van der Waals surface area contributed by atoms with E-state index in [2.05, 4.69) is 68.9 Å². The molecule has 3 aromatic rings. The van der Waals surface area contributed by atoms with Gasteiger partial charge in [-0.25, -0.2) is 15.0 Å². The van der Waals surface area contributed by atoms with Gasteiger partial charge >= 0.3 is 0 Å². The molecule has 0 spiro atoms. The first kappa shape index (κ1) is 20.3. The molecule has 0 radical (unpaired) electrons. The number of hydrogen-bond donors (Lipinski definition) is 2. The minimum Gasteiger partial charge on any atom is -0.378 e. The van der Waals surface area contributed by atoms with E-state index < -0.39 is 0 Å². The Labute approximate surface area is 187 Å². The number of hydrogen-bond acceptors (Lipinski definition) is 8. The van der Waals surface area contributed by atoms with Crippen LogP contribution >= 0.6 is 0 Å². The molecule has 0 aliphatic carbocycles. The Hall–Kier alpha value is -3.65. The lowest BCUT2D eigenvalue weighted by Gasteiger charge is -2.29. The number of anilines is 4. The third-order valence-electron chi connectivity index (χ3n) is 5.61. The summed E-state index contributed by atoms with van der Waals surface area (Å²) < 4.78 is 5.47. The SMILES string of the molecule is CCC1=NCN(c2ccc(Nc3nccc(-c4cccc(N5CCOCC5)c4)n3)cc2)N1. The fraction of sp³-hybridized carbons (Fsp3) is 0.292. The molecule has 32 heavy (non-hydrogen) atoms. The molecule has 3 heterocycles. The van der Waals surface area contributed by atoms with Crippen LogP contribution in [0.1, 0.15) is 13.3 Å². The first-order valence-corrected chi connectivity index (χ1v) is 11.0. The fourth-order valence-electron chi connectivity index (χ4n) is 3.84. The van der Waals surface area contributed by atoms with Gasteiger partial charge in [0.2, 0.25) is 5.95 Å². The van der Waals surface area contributed by atoms with Crippen molar-refractivity contribution in [1.29, 1.82) is 0 Å². The molecule has 5 rings (SSSR count). The van der Waals surface area contributed by atoms with Crippen LogP contribution in [0.3, 0.4) is 0 Å². The number of aliphatic imine (C=N–C) groups is 1. The Balaban J connectivity index is 1.28. The van der Waals surface area contributed by atoms with E-state index in [0.717, 1.165) is 61.2 Å². The van der Waals surface area contributed by atoms with Gasteiger partial charge in [0.05, 0.1) is 24.6 Å². The summed E-state index contributed by atoms with van der Waals surface area (Å²) in [5.74, 6) is 1.58. The van der Waals surface area contributed by atoms with Crippen LogP contribution in [0.4, 0.5) is 23.0 Å². The minimum atomic E-state index is 0.572. The summed E-state index contributed by atoms with van der Waals surface area (Å²) in [6, 6.07) is 18.6. The number of aromatic nitrogens is 2. The van der Waals surface area contributed by atoms with Crippen LogP contribution in [0, 0.1) is 0 Å². The Bertz CT molecular complexity index is 1090. The second-order valence-electron chi connectivity index (χ2n) is 7.73. The lowest BCUT2D eigenvalue weighted by Crippen LogP contribution is -2.36. The Kier molecular flexibility index (Phi) is 5.85. The third-order valence-corrected chi connectivity index (χ3v) is 5.61. The number of morpholine rings is 1. The Morgan fingerprint density at radius 3 is 2.66 bits per heavy atom. The standard InChI is InChI=1S/C24H27N7O/c1-2-23-26-17-31(29-23)20-8-6-19(7-9-20)27-24-25-11-10-22(28-24)18-4-3-5-21(16-18)30-12-14-32-15-13-30/h3-11,16H,2,12-15,17H2,1H3,(H,26,29)(H,25,27,28). The molecule has 2 N–H and O–H groups in total. The summed E-state index contributed by atoms with van der Waals surface area (Å²) in [6.45, 7) is 6.08. The van der Waals surface area contributed by atoms with Crippen LogP contribution in [0.2, 0.25) is 0 Å². The van der Waals surface area contributed by atoms with E-state index in [9.17, 15) is 0 Å². The monoisotopic (exact) mass is 429 g/mol. The molecule has 8 nitrogen and oxygen atoms in total. The highest BCUT2D eigenvalue weighted by molar-refractivity contribution is 5.85. The van der Waals surface area contributed by atoms with E-state index in [0.29, 0.717) is 12.6 Å². The molecule has 164 valence electrons. The second-order valence-corrected chi connectivity index (χ2v) is 7.73. The Morgan fingerprint density at radius 1 is 1.03 bits per heavy atom. The van der Waals surface area contributed by atoms with Gasteiger partial charge < -0.3 is 15.0 Å². The lowest BCUT2D eigenvalue weighted by molar-refractivity contribution is 0.122. The molecule has 1 aromatic heterocycles. The summed E-state index contributed by atoms with van der Waals surface area (Å²) in [7, 11) is 0. The van der Waals surface area contributed by atoms with Gasteiger partial charge in [0.1, 0.15) is 12.5 Å². The summed E-state index contributed by atoms with van der Waals surface area (Å²) in [6.07, 6.45) is 2.69. The van der Waals surface area contributed by atoms with Crippen LogP contribution in [0.15, 0.2) is 65.8 Å². The topological polar surface area (TPSA) is 77.9 Å². The van der Waals surface area contributed by atoms with E-state index in [-0.39, 0.29) is 0 Å². The predicted molar refractivity (Wildman–Crippen MR) is 128 cm³/mol. The highest BCUT2D eigenvalue weighted by Gasteiger charge is 2.14. The lowest BCUT2D eigenvalue weighted by atomic mass is 10.1. The summed E-state index contributed by atoms with van der Waals surface area (Å²) in [5, 5.41) is 5.34. The molecule has 0 bridgehead atoms. The van der Waals surface area contributed by atoms with E-state index >= 15 is 0 Å². The average Bonchev–Trinajstić information content (AvgIpc) is 3.35. The van der Waals surface area contributed by atoms with Gasteiger partial charge in [-0.3, -0.25) is 10.4 Å². The number of nitrogens with zero attached hydrogens (tertiary/aromatic N) is 5. The second kappa shape index (κ2) is 9.23. The largest absolute Gasteiger partial charge is 0.378 e. The Morgan fingerprint density at radius 2 is 1.88 bits per heavy atom. The molecule has 1 fully saturated rings. The quantitative estimate of drug-likeness (QED) is 0.617. The molecular formula is C24H27N7O. The van der Waals surface area contributed by atoms with Crippen molar-refractivity contribution in [1.82, 2.24) is 15.4 Å². The van der Waals surface area contributed by atoms with Gasteiger partial charge in [-0.1, -0.05) is 19.1 Å². The van der Waals surface area contributed by atoms with E-state index in [1.165, 1.54) is 5.69 Å². The van der Waals surface area contributed by atoms with Crippen molar-refractivity contribution in [3.05, 3.63) is 60.8 Å². The van der Waals surface area contributed by atoms with Gasteiger partial charge in [-0.05, 0) is 42.5 Å². The van der Waals surface area contributed by atoms with Crippen LogP contribution < -0.4 is 20.7 Å². The van der Waals surface area contributed by atoms with E-state index in [4.69, 9.17) is 9.72 Å². The molecule has 0 atom stereocenters. The van der Waals surface area contributed by atoms with Crippen molar-refractivity contribution in [2.45, 2.75) is 13.3 Å². The van der Waals surface area contributed by atoms with Gasteiger partial charge in [0.25, 0.3) is 0 Å². The smallest absolute Gasteiger partial charge is 0.227 e. The number of nitrogens with one attached hydrogen (secondary N) is 2.